The lowest BCUT2D eigenvalue weighted by Gasteiger charge is -2.05. The minimum atomic E-state index is -1.07. The van der Waals surface area contributed by atoms with Crippen molar-refractivity contribution in [1.29, 1.82) is 0 Å². The monoisotopic (exact) mass is 203 g/mol. The Kier molecular flexibility index (Phi) is 2.23. The topological polar surface area (TPSA) is 88.2 Å². The summed E-state index contributed by atoms with van der Waals surface area (Å²) in [5.74, 6) is 4.57. The van der Waals surface area contributed by atoms with E-state index in [0.29, 0.717) is 5.82 Å². The minimum Gasteiger partial charge on any atom is -0.477 e. The van der Waals surface area contributed by atoms with E-state index in [-0.39, 0.29) is 5.69 Å². The third kappa shape index (κ3) is 1.60. The van der Waals surface area contributed by atoms with Gasteiger partial charge in [0.25, 0.3) is 0 Å². The molecule has 0 fully saturated rings. The minimum absolute atomic E-state index is 0.0262. The molecule has 0 saturated carbocycles. The van der Waals surface area contributed by atoms with Gasteiger partial charge in [-0.15, -0.1) is 0 Å². The van der Waals surface area contributed by atoms with Gasteiger partial charge in [0, 0.05) is 5.39 Å². The maximum Gasteiger partial charge on any atom is 0.354 e. The Balaban J connectivity index is 2.77. The quantitative estimate of drug-likeness (QED) is 0.504. The van der Waals surface area contributed by atoms with Crippen molar-refractivity contribution >= 4 is 22.6 Å². The summed E-state index contributed by atoms with van der Waals surface area (Å²) in [6.45, 7) is 0. The summed E-state index contributed by atoms with van der Waals surface area (Å²) in [6, 6.07) is 8.81. The van der Waals surface area contributed by atoms with E-state index in [2.05, 4.69) is 10.4 Å². The molecule has 0 radical (unpaired) electrons. The van der Waals surface area contributed by atoms with E-state index in [4.69, 9.17) is 10.9 Å². The van der Waals surface area contributed by atoms with Gasteiger partial charge in [0.05, 0.1) is 0 Å². The molecular formula is C10H9N3O2. The Morgan fingerprint density at radius 1 is 1.40 bits per heavy atom. The van der Waals surface area contributed by atoms with Gasteiger partial charge in [-0.05, 0) is 11.5 Å². The average Bonchev–Trinajstić information content (AvgIpc) is 2.27. The molecule has 0 atom stereocenters. The Hall–Kier alpha value is -2.14. The average molecular weight is 203 g/mol. The summed E-state index contributed by atoms with van der Waals surface area (Å²) in [5, 5.41) is 10.4. The van der Waals surface area contributed by atoms with Crippen molar-refractivity contribution in [2.24, 2.45) is 5.84 Å². The van der Waals surface area contributed by atoms with Crippen LogP contribution in [0.15, 0.2) is 30.3 Å². The van der Waals surface area contributed by atoms with Gasteiger partial charge in [-0.1, -0.05) is 24.3 Å². The van der Waals surface area contributed by atoms with Gasteiger partial charge in [0.1, 0.15) is 5.82 Å². The van der Waals surface area contributed by atoms with Gasteiger partial charge in [-0.25, -0.2) is 15.6 Å². The molecule has 0 aliphatic heterocycles. The Morgan fingerprint density at radius 2 is 2.13 bits per heavy atom. The number of carbonyl (C=O) groups is 1. The van der Waals surface area contributed by atoms with Crippen LogP contribution in [0.1, 0.15) is 10.5 Å². The summed E-state index contributed by atoms with van der Waals surface area (Å²) in [7, 11) is 0. The van der Waals surface area contributed by atoms with E-state index < -0.39 is 5.97 Å². The number of pyridine rings is 1. The molecule has 0 saturated heterocycles. The number of nitrogen functional groups attached to an aromatic ring is 1. The van der Waals surface area contributed by atoms with E-state index >= 15 is 0 Å². The molecule has 2 rings (SSSR count). The second-order valence-corrected chi connectivity index (χ2v) is 3.03. The summed E-state index contributed by atoms with van der Waals surface area (Å²) in [5.41, 5.74) is 2.36. The molecule has 0 amide bonds. The number of carboxylic acid groups (broad SMARTS) is 1. The number of nitrogens with one attached hydrogen (secondary N) is 1. The SMILES string of the molecule is NNc1nc(C(=O)O)cc2ccccc12. The van der Waals surface area contributed by atoms with E-state index in [9.17, 15) is 4.79 Å². The standard InChI is InChI=1S/C10H9N3O2/c11-13-9-7-4-2-1-3-6(7)5-8(12-9)10(14)15/h1-5H,11H2,(H,12,13)(H,14,15). The molecular weight excluding hydrogens is 194 g/mol. The van der Waals surface area contributed by atoms with Crippen molar-refractivity contribution in [1.82, 2.24) is 4.98 Å². The fourth-order valence-electron chi connectivity index (χ4n) is 1.42. The second-order valence-electron chi connectivity index (χ2n) is 3.03. The molecule has 76 valence electrons. The Bertz CT molecular complexity index is 525. The van der Waals surface area contributed by atoms with Crippen molar-refractivity contribution in [2.75, 3.05) is 5.43 Å². The van der Waals surface area contributed by atoms with Crippen LogP contribution in [-0.4, -0.2) is 16.1 Å². The molecule has 5 heteroatoms. The van der Waals surface area contributed by atoms with Crippen LogP contribution in [0.25, 0.3) is 10.8 Å². The highest BCUT2D eigenvalue weighted by molar-refractivity contribution is 5.97. The van der Waals surface area contributed by atoms with E-state index in [1.54, 1.807) is 0 Å². The lowest BCUT2D eigenvalue weighted by molar-refractivity contribution is 0.0691. The highest BCUT2D eigenvalue weighted by Crippen LogP contribution is 2.21. The highest BCUT2D eigenvalue weighted by Gasteiger charge is 2.09. The number of benzene rings is 1. The number of hydrogen-bond donors (Lipinski definition) is 3. The van der Waals surface area contributed by atoms with Crippen LogP contribution in [0.3, 0.4) is 0 Å². The number of fused-ring (bicyclic) bond motifs is 1. The van der Waals surface area contributed by atoms with E-state index in [0.717, 1.165) is 10.8 Å². The number of nitrogens with zero attached hydrogens (tertiary/aromatic N) is 1. The molecule has 0 aliphatic carbocycles. The summed E-state index contributed by atoms with van der Waals surface area (Å²) in [6.07, 6.45) is 0. The number of carboxylic acids is 1. The molecule has 5 nitrogen and oxygen atoms in total. The summed E-state index contributed by atoms with van der Waals surface area (Å²) < 4.78 is 0. The number of aromatic carboxylic acids is 1. The number of aromatic nitrogens is 1. The van der Waals surface area contributed by atoms with Crippen molar-refractivity contribution in [3.8, 4) is 0 Å². The van der Waals surface area contributed by atoms with Crippen molar-refractivity contribution in [2.45, 2.75) is 0 Å². The van der Waals surface area contributed by atoms with Crippen LogP contribution in [0.5, 0.6) is 0 Å². The molecule has 0 spiro atoms. The maximum atomic E-state index is 10.8. The maximum absolute atomic E-state index is 10.8. The number of hydrogen-bond acceptors (Lipinski definition) is 4. The van der Waals surface area contributed by atoms with Crippen molar-refractivity contribution in [3.63, 3.8) is 0 Å². The molecule has 4 N–H and O–H groups in total. The lowest BCUT2D eigenvalue weighted by Crippen LogP contribution is -2.11. The fourth-order valence-corrected chi connectivity index (χ4v) is 1.42. The fraction of sp³-hybridized carbons (Fsp3) is 0. The predicted octanol–water partition coefficient (Wildman–Crippen LogP) is 1.22. The second kappa shape index (κ2) is 3.55. The van der Waals surface area contributed by atoms with Crippen LogP contribution in [-0.2, 0) is 0 Å². The smallest absolute Gasteiger partial charge is 0.354 e. The number of anilines is 1. The van der Waals surface area contributed by atoms with E-state index in [1.807, 2.05) is 24.3 Å². The number of nitrogens with two attached hydrogens (primary N) is 1. The van der Waals surface area contributed by atoms with Gasteiger partial charge in [0.2, 0.25) is 0 Å². The molecule has 15 heavy (non-hydrogen) atoms. The summed E-state index contributed by atoms with van der Waals surface area (Å²) in [4.78, 5) is 14.7. The van der Waals surface area contributed by atoms with Crippen LogP contribution in [0.4, 0.5) is 5.82 Å². The van der Waals surface area contributed by atoms with Gasteiger partial charge in [-0.3, -0.25) is 0 Å². The van der Waals surface area contributed by atoms with Crippen LogP contribution in [0.2, 0.25) is 0 Å². The van der Waals surface area contributed by atoms with Gasteiger partial charge < -0.3 is 10.5 Å². The molecule has 0 unspecified atom stereocenters. The zero-order valence-corrected chi connectivity index (χ0v) is 7.77. The number of hydrazine groups is 1. The number of rotatable bonds is 2. The third-order valence-electron chi connectivity index (χ3n) is 2.10. The van der Waals surface area contributed by atoms with Crippen LogP contribution < -0.4 is 11.3 Å². The summed E-state index contributed by atoms with van der Waals surface area (Å²) >= 11 is 0. The zero-order valence-electron chi connectivity index (χ0n) is 7.77. The lowest BCUT2D eigenvalue weighted by atomic mass is 10.1. The van der Waals surface area contributed by atoms with Gasteiger partial charge in [-0.2, -0.15) is 0 Å². The molecule has 1 aromatic carbocycles. The molecule has 0 aliphatic rings. The van der Waals surface area contributed by atoms with Crippen molar-refractivity contribution in [3.05, 3.63) is 36.0 Å². The Labute approximate surface area is 85.5 Å². The highest BCUT2D eigenvalue weighted by atomic mass is 16.4. The molecule has 1 aromatic heterocycles. The first-order chi connectivity index (χ1) is 7.22. The molecule has 1 heterocycles. The normalized spacial score (nSPS) is 10.2. The Morgan fingerprint density at radius 3 is 2.80 bits per heavy atom. The zero-order chi connectivity index (χ0) is 10.8. The third-order valence-corrected chi connectivity index (χ3v) is 2.10. The van der Waals surface area contributed by atoms with Gasteiger partial charge in [0.15, 0.2) is 5.69 Å². The van der Waals surface area contributed by atoms with Crippen LogP contribution >= 0.6 is 0 Å². The van der Waals surface area contributed by atoms with Crippen LogP contribution in [0, 0.1) is 0 Å². The first-order valence-corrected chi connectivity index (χ1v) is 4.32. The van der Waals surface area contributed by atoms with Gasteiger partial charge >= 0.3 is 5.97 Å². The van der Waals surface area contributed by atoms with Crippen molar-refractivity contribution < 1.29 is 9.90 Å². The predicted molar refractivity (Wildman–Crippen MR) is 56.5 cm³/mol. The molecule has 2 aromatic rings. The molecule has 0 bridgehead atoms. The first-order valence-electron chi connectivity index (χ1n) is 4.32. The van der Waals surface area contributed by atoms with E-state index in [1.165, 1.54) is 6.07 Å². The largest absolute Gasteiger partial charge is 0.477 e. The first kappa shape index (κ1) is 9.42.